The Balaban J connectivity index is 1.69. The van der Waals surface area contributed by atoms with E-state index in [2.05, 4.69) is 5.32 Å². The van der Waals surface area contributed by atoms with Gasteiger partial charge in [0.15, 0.2) is 0 Å². The fraction of sp³-hybridized carbons (Fsp3) is 0.579. The van der Waals surface area contributed by atoms with Crippen LogP contribution in [0.3, 0.4) is 0 Å². The number of likely N-dealkylation sites (tertiary alicyclic amines) is 1. The topological polar surface area (TPSA) is 58.6 Å². The van der Waals surface area contributed by atoms with E-state index >= 15 is 0 Å². The lowest BCUT2D eigenvalue weighted by atomic mass is 10.1. The molecule has 0 radical (unpaired) electrons. The van der Waals surface area contributed by atoms with Gasteiger partial charge in [-0.3, -0.25) is 9.59 Å². The van der Waals surface area contributed by atoms with Gasteiger partial charge in [-0.05, 0) is 51.3 Å². The van der Waals surface area contributed by atoms with Crippen LogP contribution in [0.2, 0.25) is 0 Å². The molecule has 2 rings (SSSR count). The molecule has 1 aliphatic heterocycles. The molecule has 5 nitrogen and oxygen atoms in total. The average molecular weight is 332 g/mol. The number of hydrogen-bond acceptors (Lipinski definition) is 3. The van der Waals surface area contributed by atoms with Crippen molar-refractivity contribution in [3.8, 4) is 5.75 Å². The Hall–Kier alpha value is -2.04. The van der Waals surface area contributed by atoms with Gasteiger partial charge in [-0.25, -0.2) is 0 Å². The van der Waals surface area contributed by atoms with E-state index in [4.69, 9.17) is 4.74 Å². The summed E-state index contributed by atoms with van der Waals surface area (Å²) in [6.07, 6.45) is 2.83. The first kappa shape index (κ1) is 18.3. The highest BCUT2D eigenvalue weighted by atomic mass is 16.5. The molecule has 5 heteroatoms. The zero-order chi connectivity index (χ0) is 17.5. The van der Waals surface area contributed by atoms with Gasteiger partial charge >= 0.3 is 0 Å². The fourth-order valence-corrected chi connectivity index (χ4v) is 2.94. The fourth-order valence-electron chi connectivity index (χ4n) is 2.94. The van der Waals surface area contributed by atoms with Crippen molar-refractivity contribution in [2.45, 2.75) is 58.6 Å². The van der Waals surface area contributed by atoms with Gasteiger partial charge in [0.1, 0.15) is 5.75 Å². The van der Waals surface area contributed by atoms with E-state index in [0.29, 0.717) is 19.4 Å². The van der Waals surface area contributed by atoms with Crippen LogP contribution >= 0.6 is 0 Å². The second-order valence-corrected chi connectivity index (χ2v) is 6.65. The van der Waals surface area contributed by atoms with Crippen molar-refractivity contribution in [3.05, 3.63) is 29.8 Å². The van der Waals surface area contributed by atoms with Gasteiger partial charge in [0.2, 0.25) is 11.8 Å². The summed E-state index contributed by atoms with van der Waals surface area (Å²) in [7, 11) is 0. The molecule has 1 aromatic carbocycles. The molecule has 1 aliphatic rings. The van der Waals surface area contributed by atoms with Crippen molar-refractivity contribution < 1.29 is 14.3 Å². The second kappa shape index (κ2) is 8.71. The highest BCUT2D eigenvalue weighted by molar-refractivity contribution is 5.80. The molecule has 2 amide bonds. The number of ether oxygens (including phenoxy) is 1. The van der Waals surface area contributed by atoms with E-state index in [-0.39, 0.29) is 24.0 Å². The van der Waals surface area contributed by atoms with Crippen molar-refractivity contribution in [3.63, 3.8) is 0 Å². The van der Waals surface area contributed by atoms with E-state index in [1.807, 2.05) is 49.9 Å². The number of benzene rings is 1. The summed E-state index contributed by atoms with van der Waals surface area (Å²) in [5, 5.41) is 2.94. The molecule has 1 unspecified atom stereocenters. The summed E-state index contributed by atoms with van der Waals surface area (Å²) < 4.78 is 5.61. The number of rotatable bonds is 8. The Morgan fingerprint density at radius 3 is 2.54 bits per heavy atom. The zero-order valence-corrected chi connectivity index (χ0v) is 14.9. The highest BCUT2D eigenvalue weighted by Gasteiger charge is 2.26. The minimum atomic E-state index is -0.0209. The van der Waals surface area contributed by atoms with Gasteiger partial charge < -0.3 is 15.0 Å². The van der Waals surface area contributed by atoms with Crippen molar-refractivity contribution in [2.75, 3.05) is 13.1 Å². The molecule has 1 fully saturated rings. The van der Waals surface area contributed by atoms with Crippen LogP contribution in [0.25, 0.3) is 0 Å². The van der Waals surface area contributed by atoms with Gasteiger partial charge in [-0.2, -0.15) is 0 Å². The maximum absolute atomic E-state index is 12.0. The van der Waals surface area contributed by atoms with Gasteiger partial charge in [0.05, 0.1) is 6.10 Å². The molecule has 1 saturated heterocycles. The molecule has 0 aromatic heterocycles. The zero-order valence-electron chi connectivity index (χ0n) is 14.9. The third-order valence-electron chi connectivity index (χ3n) is 4.15. The molecule has 0 bridgehead atoms. The number of nitrogens with zero attached hydrogens (tertiary/aromatic N) is 1. The van der Waals surface area contributed by atoms with E-state index in [1.54, 1.807) is 0 Å². The summed E-state index contributed by atoms with van der Waals surface area (Å²) >= 11 is 0. The maximum atomic E-state index is 12.0. The normalized spacial score (nSPS) is 15.7. The first-order chi connectivity index (χ1) is 11.5. The quantitative estimate of drug-likeness (QED) is 0.796. The third-order valence-corrected chi connectivity index (χ3v) is 4.15. The molecular formula is C19H28N2O3. The Morgan fingerprint density at radius 2 is 1.96 bits per heavy atom. The van der Waals surface area contributed by atoms with Crippen molar-refractivity contribution in [1.82, 2.24) is 10.2 Å². The van der Waals surface area contributed by atoms with Gasteiger partial charge in [-0.15, -0.1) is 0 Å². The van der Waals surface area contributed by atoms with Crippen LogP contribution in [0.15, 0.2) is 24.3 Å². The number of amides is 2. The predicted octanol–water partition coefficient (Wildman–Crippen LogP) is 2.53. The lowest BCUT2D eigenvalue weighted by Gasteiger charge is -2.23. The van der Waals surface area contributed by atoms with Gasteiger partial charge in [0, 0.05) is 32.0 Å². The lowest BCUT2D eigenvalue weighted by Crippen LogP contribution is -2.38. The number of carbonyl (C=O) groups excluding carboxylic acids is 2. The number of hydrogen-bond donors (Lipinski definition) is 1. The first-order valence-electron chi connectivity index (χ1n) is 8.77. The van der Waals surface area contributed by atoms with Crippen LogP contribution in [0.1, 0.15) is 45.6 Å². The standard InChI is InChI=1S/C19H28N2O3/c1-14(2)24-17-8-6-16(7-9-17)10-11-20-18(22)13-15(3)21-12-4-5-19(21)23/h6-9,14-15H,4-5,10-13H2,1-3H3,(H,20,22). The molecule has 0 spiro atoms. The summed E-state index contributed by atoms with van der Waals surface area (Å²) in [6.45, 7) is 7.32. The van der Waals surface area contributed by atoms with E-state index in [1.165, 1.54) is 0 Å². The van der Waals surface area contributed by atoms with Crippen LogP contribution in [-0.2, 0) is 16.0 Å². The minimum absolute atomic E-state index is 0.00182. The molecular weight excluding hydrogens is 304 g/mol. The van der Waals surface area contributed by atoms with Crippen LogP contribution in [-0.4, -0.2) is 41.9 Å². The Kier molecular flexibility index (Phi) is 6.64. The molecule has 1 heterocycles. The summed E-state index contributed by atoms with van der Waals surface area (Å²) in [6, 6.07) is 7.94. The van der Waals surface area contributed by atoms with E-state index in [0.717, 1.165) is 30.7 Å². The van der Waals surface area contributed by atoms with Crippen LogP contribution in [0.5, 0.6) is 5.75 Å². The number of nitrogens with one attached hydrogen (secondary N) is 1. The average Bonchev–Trinajstić information content (AvgIpc) is 2.94. The molecule has 24 heavy (non-hydrogen) atoms. The molecule has 132 valence electrons. The molecule has 1 aromatic rings. The van der Waals surface area contributed by atoms with Crippen LogP contribution in [0.4, 0.5) is 0 Å². The summed E-state index contributed by atoms with van der Waals surface area (Å²) in [5.41, 5.74) is 1.16. The Bertz CT molecular complexity index is 554. The predicted molar refractivity (Wildman–Crippen MR) is 93.9 cm³/mol. The summed E-state index contributed by atoms with van der Waals surface area (Å²) in [5.74, 6) is 1.03. The van der Waals surface area contributed by atoms with E-state index < -0.39 is 0 Å². The van der Waals surface area contributed by atoms with Crippen molar-refractivity contribution in [1.29, 1.82) is 0 Å². The van der Waals surface area contributed by atoms with E-state index in [9.17, 15) is 9.59 Å². The van der Waals surface area contributed by atoms with Crippen LogP contribution < -0.4 is 10.1 Å². The SMILES string of the molecule is CC(C)Oc1ccc(CCNC(=O)CC(C)N2CCCC2=O)cc1. The molecule has 1 N–H and O–H groups in total. The monoisotopic (exact) mass is 332 g/mol. The molecule has 0 saturated carbocycles. The van der Waals surface area contributed by atoms with Crippen molar-refractivity contribution in [2.24, 2.45) is 0 Å². The van der Waals surface area contributed by atoms with Crippen LogP contribution in [0, 0.1) is 0 Å². The lowest BCUT2D eigenvalue weighted by molar-refractivity contribution is -0.130. The second-order valence-electron chi connectivity index (χ2n) is 6.65. The minimum Gasteiger partial charge on any atom is -0.491 e. The highest BCUT2D eigenvalue weighted by Crippen LogP contribution is 2.16. The molecule has 0 aliphatic carbocycles. The largest absolute Gasteiger partial charge is 0.491 e. The van der Waals surface area contributed by atoms with Crippen molar-refractivity contribution >= 4 is 11.8 Å². The summed E-state index contributed by atoms with van der Waals surface area (Å²) in [4.78, 5) is 25.5. The Labute approximate surface area is 144 Å². The van der Waals surface area contributed by atoms with Gasteiger partial charge in [0.25, 0.3) is 0 Å². The van der Waals surface area contributed by atoms with Gasteiger partial charge in [-0.1, -0.05) is 12.1 Å². The smallest absolute Gasteiger partial charge is 0.222 e. The number of carbonyl (C=O) groups is 2. The molecule has 1 atom stereocenters. The maximum Gasteiger partial charge on any atom is 0.222 e. The third kappa shape index (κ3) is 5.55. The Morgan fingerprint density at radius 1 is 1.25 bits per heavy atom. The first-order valence-corrected chi connectivity index (χ1v) is 8.77.